The Kier molecular flexibility index (Phi) is 5.07. The van der Waals surface area contributed by atoms with Gasteiger partial charge in [0.1, 0.15) is 11.7 Å². The number of hydrogen-bond donors (Lipinski definition) is 1. The lowest BCUT2D eigenvalue weighted by Crippen LogP contribution is -2.29. The number of carbonyl (C=O) groups is 1. The van der Waals surface area contributed by atoms with E-state index in [0.29, 0.717) is 37.7 Å². The van der Waals surface area contributed by atoms with E-state index in [2.05, 4.69) is 40.0 Å². The van der Waals surface area contributed by atoms with Crippen molar-refractivity contribution >= 4 is 16.8 Å². The highest BCUT2D eigenvalue weighted by Crippen LogP contribution is 2.20. The van der Waals surface area contributed by atoms with Crippen molar-refractivity contribution < 1.29 is 14.3 Å². The number of benzene rings is 1. The first kappa shape index (κ1) is 17.5. The molecule has 6 nitrogen and oxygen atoms in total. The number of ether oxygens (including phenoxy) is 2. The highest BCUT2D eigenvalue weighted by molar-refractivity contribution is 5.96. The van der Waals surface area contributed by atoms with Crippen molar-refractivity contribution in [2.24, 2.45) is 0 Å². The third-order valence-electron chi connectivity index (χ3n) is 4.82. The minimum atomic E-state index is -0.175. The van der Waals surface area contributed by atoms with Crippen molar-refractivity contribution in [2.75, 3.05) is 19.8 Å². The average molecular weight is 365 g/mol. The largest absolute Gasteiger partial charge is 0.471 e. The van der Waals surface area contributed by atoms with E-state index in [1.165, 1.54) is 16.6 Å². The van der Waals surface area contributed by atoms with Crippen molar-refractivity contribution in [1.29, 1.82) is 0 Å². The average Bonchev–Trinajstić information content (AvgIpc) is 3.30. The normalized spacial score (nSPS) is 16.6. The summed E-state index contributed by atoms with van der Waals surface area (Å²) in [5.74, 6) is 0.194. The molecule has 0 unspecified atom stereocenters. The van der Waals surface area contributed by atoms with Crippen molar-refractivity contribution in [2.45, 2.75) is 26.0 Å². The van der Waals surface area contributed by atoms with Crippen molar-refractivity contribution in [3.63, 3.8) is 0 Å². The molecule has 140 valence electrons. The molecule has 0 bridgehead atoms. The zero-order valence-electron chi connectivity index (χ0n) is 15.4. The molecule has 4 rings (SSSR count). The summed E-state index contributed by atoms with van der Waals surface area (Å²) in [6, 6.07) is 13.9. The van der Waals surface area contributed by atoms with Gasteiger partial charge in [-0.3, -0.25) is 4.79 Å². The van der Waals surface area contributed by atoms with Crippen LogP contribution in [0.25, 0.3) is 10.9 Å². The maximum absolute atomic E-state index is 12.6. The first-order valence-electron chi connectivity index (χ1n) is 9.25. The van der Waals surface area contributed by atoms with Crippen LogP contribution in [0.3, 0.4) is 0 Å². The molecule has 1 N–H and O–H groups in total. The van der Waals surface area contributed by atoms with Gasteiger partial charge in [-0.1, -0.05) is 18.2 Å². The van der Waals surface area contributed by atoms with Crippen LogP contribution in [0.15, 0.2) is 48.7 Å². The number of fused-ring (bicyclic) bond motifs is 1. The number of para-hydroxylation sites is 1. The van der Waals surface area contributed by atoms with E-state index in [-0.39, 0.29) is 12.0 Å². The fourth-order valence-electron chi connectivity index (χ4n) is 3.44. The molecule has 27 heavy (non-hydrogen) atoms. The summed E-state index contributed by atoms with van der Waals surface area (Å²) in [5, 5.41) is 4.19. The Morgan fingerprint density at radius 2 is 2.22 bits per heavy atom. The molecule has 3 heterocycles. The van der Waals surface area contributed by atoms with Gasteiger partial charge in [0, 0.05) is 36.9 Å². The second kappa shape index (κ2) is 7.80. The number of nitrogens with zero attached hydrogens (tertiary/aromatic N) is 2. The lowest BCUT2D eigenvalue weighted by atomic mass is 10.2. The highest BCUT2D eigenvalue weighted by Gasteiger charge is 2.21. The van der Waals surface area contributed by atoms with Crippen molar-refractivity contribution in [1.82, 2.24) is 14.9 Å². The molecule has 6 heteroatoms. The topological polar surface area (TPSA) is 65.4 Å². The van der Waals surface area contributed by atoms with E-state index >= 15 is 0 Å². The summed E-state index contributed by atoms with van der Waals surface area (Å²) < 4.78 is 13.4. The second-order valence-electron chi connectivity index (χ2n) is 6.71. The third-order valence-corrected chi connectivity index (χ3v) is 4.82. The summed E-state index contributed by atoms with van der Waals surface area (Å²) in [6.45, 7) is 4.54. The Bertz CT molecular complexity index is 945. The van der Waals surface area contributed by atoms with Gasteiger partial charge in [-0.05, 0) is 36.6 Å². The van der Waals surface area contributed by atoms with Gasteiger partial charge in [0.25, 0.3) is 5.91 Å². The molecule has 3 aromatic rings. The van der Waals surface area contributed by atoms with Gasteiger partial charge in [-0.25, -0.2) is 4.98 Å². The second-order valence-corrected chi connectivity index (χ2v) is 6.71. The van der Waals surface area contributed by atoms with E-state index < -0.39 is 0 Å². The number of carbonyl (C=O) groups excluding carboxylic acids is 1. The van der Waals surface area contributed by atoms with Crippen LogP contribution in [0.1, 0.15) is 22.5 Å². The Hall–Kier alpha value is -2.86. The van der Waals surface area contributed by atoms with Gasteiger partial charge < -0.3 is 19.4 Å². The summed E-state index contributed by atoms with van der Waals surface area (Å²) in [4.78, 5) is 16.9. The predicted octanol–water partition coefficient (Wildman–Crippen LogP) is 2.94. The molecule has 0 spiro atoms. The molecular formula is C21H23N3O3. The quantitative estimate of drug-likeness (QED) is 0.729. The summed E-state index contributed by atoms with van der Waals surface area (Å²) in [7, 11) is 0. The Labute approximate surface area is 158 Å². The first-order valence-corrected chi connectivity index (χ1v) is 9.25. The number of aromatic nitrogens is 2. The standard InChI is InChI=1S/C21H23N3O3/c1-15-13-16-5-2-3-7-19(16)24(15)11-10-22-20(25)18-6-4-9-23-21(18)27-17-8-12-26-14-17/h2-7,9,13,17H,8,10-12,14H2,1H3,(H,22,25)/t17-/m1/s1. The first-order chi connectivity index (χ1) is 13.2. The number of aryl methyl sites for hydroxylation is 1. The lowest BCUT2D eigenvalue weighted by molar-refractivity contribution is 0.0939. The van der Waals surface area contributed by atoms with E-state index in [0.717, 1.165) is 6.42 Å². The van der Waals surface area contributed by atoms with Crippen LogP contribution in [-0.2, 0) is 11.3 Å². The smallest absolute Gasteiger partial charge is 0.256 e. The maximum atomic E-state index is 12.6. The van der Waals surface area contributed by atoms with Crippen molar-refractivity contribution in [3.8, 4) is 5.88 Å². The van der Waals surface area contributed by atoms with Crippen LogP contribution in [0.5, 0.6) is 5.88 Å². The molecule has 1 saturated heterocycles. The number of rotatable bonds is 6. The molecule has 0 aliphatic carbocycles. The van der Waals surface area contributed by atoms with Crippen LogP contribution in [0.4, 0.5) is 0 Å². The Morgan fingerprint density at radius 3 is 3.07 bits per heavy atom. The SMILES string of the molecule is Cc1cc2ccccc2n1CCNC(=O)c1cccnc1O[C@@H]1CCOC1. The zero-order valence-corrected chi connectivity index (χ0v) is 15.4. The van der Waals surface area contributed by atoms with Gasteiger partial charge in [0.05, 0.1) is 13.2 Å². The maximum Gasteiger partial charge on any atom is 0.256 e. The lowest BCUT2D eigenvalue weighted by Gasteiger charge is -2.14. The van der Waals surface area contributed by atoms with E-state index in [1.807, 2.05) is 12.1 Å². The molecule has 1 fully saturated rings. The minimum Gasteiger partial charge on any atom is -0.471 e. The van der Waals surface area contributed by atoms with E-state index in [1.54, 1.807) is 18.3 Å². The van der Waals surface area contributed by atoms with Crippen LogP contribution in [0.2, 0.25) is 0 Å². The Balaban J connectivity index is 1.41. The molecular weight excluding hydrogens is 342 g/mol. The van der Waals surface area contributed by atoms with Crippen molar-refractivity contribution in [3.05, 3.63) is 59.9 Å². The monoisotopic (exact) mass is 365 g/mol. The summed E-state index contributed by atoms with van der Waals surface area (Å²) in [5.41, 5.74) is 2.81. The highest BCUT2D eigenvalue weighted by atomic mass is 16.5. The van der Waals surface area contributed by atoms with E-state index in [4.69, 9.17) is 9.47 Å². The summed E-state index contributed by atoms with van der Waals surface area (Å²) in [6.07, 6.45) is 2.41. The van der Waals surface area contributed by atoms with Gasteiger partial charge in [-0.2, -0.15) is 0 Å². The van der Waals surface area contributed by atoms with Crippen LogP contribution < -0.4 is 10.1 Å². The number of hydrogen-bond acceptors (Lipinski definition) is 4. The molecule has 0 radical (unpaired) electrons. The molecule has 0 saturated carbocycles. The van der Waals surface area contributed by atoms with Crippen LogP contribution >= 0.6 is 0 Å². The minimum absolute atomic E-state index is 0.0414. The van der Waals surface area contributed by atoms with Gasteiger partial charge in [0.15, 0.2) is 0 Å². The van der Waals surface area contributed by atoms with Crippen LogP contribution in [-0.4, -0.2) is 41.3 Å². The Morgan fingerprint density at radius 1 is 1.33 bits per heavy atom. The predicted molar refractivity (Wildman–Crippen MR) is 103 cm³/mol. The fourth-order valence-corrected chi connectivity index (χ4v) is 3.44. The number of nitrogens with one attached hydrogen (secondary N) is 1. The fraction of sp³-hybridized carbons (Fsp3) is 0.333. The number of pyridine rings is 1. The summed E-state index contributed by atoms with van der Waals surface area (Å²) >= 11 is 0. The molecule has 1 aliphatic heterocycles. The van der Waals surface area contributed by atoms with Gasteiger partial charge >= 0.3 is 0 Å². The molecule has 2 aromatic heterocycles. The molecule has 1 aliphatic rings. The van der Waals surface area contributed by atoms with Gasteiger partial charge in [-0.15, -0.1) is 0 Å². The number of amides is 1. The zero-order chi connectivity index (χ0) is 18.6. The molecule has 1 atom stereocenters. The molecule has 1 aromatic carbocycles. The van der Waals surface area contributed by atoms with Crippen LogP contribution in [0, 0.1) is 6.92 Å². The van der Waals surface area contributed by atoms with Gasteiger partial charge in [0.2, 0.25) is 5.88 Å². The third kappa shape index (κ3) is 3.80. The van der Waals surface area contributed by atoms with E-state index in [9.17, 15) is 4.79 Å². The molecule has 1 amide bonds.